The highest BCUT2D eigenvalue weighted by Crippen LogP contribution is 2.21. The normalized spacial score (nSPS) is 9.75. The minimum Gasteiger partial charge on any atom is -0.489 e. The predicted octanol–water partition coefficient (Wildman–Crippen LogP) is 3.40. The number of aliphatic hydroxyl groups excluding tert-OH is 1. The summed E-state index contributed by atoms with van der Waals surface area (Å²) in [6, 6.07) is 11.7. The molecule has 0 heterocycles. The second-order valence-electron chi connectivity index (χ2n) is 3.98. The van der Waals surface area contributed by atoms with E-state index in [4.69, 9.17) is 21.4 Å². The number of hydrogen-bond acceptors (Lipinski definition) is 2. The molecule has 20 heavy (non-hydrogen) atoms. The fourth-order valence-electron chi connectivity index (χ4n) is 1.63. The lowest BCUT2D eigenvalue weighted by atomic mass is 10.1. The van der Waals surface area contributed by atoms with E-state index in [-0.39, 0.29) is 18.2 Å². The van der Waals surface area contributed by atoms with Gasteiger partial charge < -0.3 is 9.84 Å². The van der Waals surface area contributed by atoms with Gasteiger partial charge in [0.1, 0.15) is 24.8 Å². The maximum Gasteiger partial charge on any atom is 0.145 e. The second kappa shape index (κ2) is 6.95. The van der Waals surface area contributed by atoms with Gasteiger partial charge in [-0.15, -0.1) is 0 Å². The lowest BCUT2D eigenvalue weighted by Gasteiger charge is -2.08. The summed E-state index contributed by atoms with van der Waals surface area (Å²) in [5.41, 5.74) is 1.64. The van der Waals surface area contributed by atoms with Crippen molar-refractivity contribution in [2.24, 2.45) is 0 Å². The van der Waals surface area contributed by atoms with Crippen LogP contribution in [-0.4, -0.2) is 11.7 Å². The number of ether oxygens (including phenoxy) is 1. The number of halogens is 2. The molecule has 0 atom stereocenters. The van der Waals surface area contributed by atoms with Gasteiger partial charge in [-0.2, -0.15) is 0 Å². The minimum absolute atomic E-state index is 0.0616. The van der Waals surface area contributed by atoms with E-state index in [0.29, 0.717) is 5.75 Å². The van der Waals surface area contributed by atoms with Crippen LogP contribution in [0.1, 0.15) is 11.1 Å². The molecule has 0 aliphatic rings. The molecule has 0 radical (unpaired) electrons. The Balaban J connectivity index is 2.12. The van der Waals surface area contributed by atoms with E-state index in [1.165, 1.54) is 12.1 Å². The zero-order valence-corrected chi connectivity index (χ0v) is 11.3. The highest BCUT2D eigenvalue weighted by atomic mass is 35.5. The molecule has 0 aliphatic heterocycles. The fourth-order valence-corrected chi connectivity index (χ4v) is 1.75. The summed E-state index contributed by atoms with van der Waals surface area (Å²) in [7, 11) is 0. The van der Waals surface area contributed by atoms with E-state index in [0.717, 1.165) is 11.1 Å². The van der Waals surface area contributed by atoms with Crippen LogP contribution in [0.3, 0.4) is 0 Å². The van der Waals surface area contributed by atoms with Crippen LogP contribution in [0.5, 0.6) is 5.75 Å². The monoisotopic (exact) mass is 290 g/mol. The van der Waals surface area contributed by atoms with Crippen molar-refractivity contribution in [3.8, 4) is 17.6 Å². The van der Waals surface area contributed by atoms with Gasteiger partial charge in [0.2, 0.25) is 0 Å². The third-order valence-electron chi connectivity index (χ3n) is 2.60. The zero-order chi connectivity index (χ0) is 14.4. The highest BCUT2D eigenvalue weighted by Gasteiger charge is 2.04. The maximum atomic E-state index is 13.3. The average Bonchev–Trinajstić information content (AvgIpc) is 2.47. The van der Waals surface area contributed by atoms with Gasteiger partial charge in [0.15, 0.2) is 0 Å². The highest BCUT2D eigenvalue weighted by molar-refractivity contribution is 6.30. The Morgan fingerprint density at radius 2 is 2.00 bits per heavy atom. The predicted molar refractivity (Wildman–Crippen MR) is 76.1 cm³/mol. The molecule has 0 saturated carbocycles. The standard InChI is InChI=1S/C16H12ClFO2/c17-15-8-7-14(10-16(15)18)20-11-13-5-2-1-4-12(13)6-3-9-19/h1-2,4-5,7-8,10,19H,9,11H2. The van der Waals surface area contributed by atoms with Gasteiger partial charge >= 0.3 is 0 Å². The van der Waals surface area contributed by atoms with Crippen LogP contribution in [0.15, 0.2) is 42.5 Å². The van der Waals surface area contributed by atoms with Gasteiger partial charge in [-0.3, -0.25) is 0 Å². The molecular weight excluding hydrogens is 279 g/mol. The van der Waals surface area contributed by atoms with Gasteiger partial charge in [-0.25, -0.2) is 4.39 Å². The molecule has 2 nitrogen and oxygen atoms in total. The molecule has 0 unspecified atom stereocenters. The molecule has 0 amide bonds. The average molecular weight is 291 g/mol. The van der Waals surface area contributed by atoms with Crippen LogP contribution in [0, 0.1) is 17.7 Å². The molecular formula is C16H12ClFO2. The largest absolute Gasteiger partial charge is 0.489 e. The molecule has 1 N–H and O–H groups in total. The molecule has 4 heteroatoms. The molecule has 0 aliphatic carbocycles. The first-order chi connectivity index (χ1) is 9.70. The third kappa shape index (κ3) is 3.74. The van der Waals surface area contributed by atoms with Gasteiger partial charge in [-0.05, 0) is 18.2 Å². The summed E-state index contributed by atoms with van der Waals surface area (Å²) in [5, 5.41) is 8.79. The van der Waals surface area contributed by atoms with Crippen molar-refractivity contribution < 1.29 is 14.2 Å². The lowest BCUT2D eigenvalue weighted by molar-refractivity contribution is 0.304. The quantitative estimate of drug-likeness (QED) is 0.878. The molecule has 0 spiro atoms. The van der Waals surface area contributed by atoms with Crippen molar-refractivity contribution in [1.29, 1.82) is 0 Å². The van der Waals surface area contributed by atoms with Crippen LogP contribution in [-0.2, 0) is 6.61 Å². The first kappa shape index (κ1) is 14.4. The van der Waals surface area contributed by atoms with Crippen molar-refractivity contribution >= 4 is 11.6 Å². The maximum absolute atomic E-state index is 13.3. The molecule has 0 aromatic heterocycles. The molecule has 2 aromatic carbocycles. The van der Waals surface area contributed by atoms with E-state index < -0.39 is 5.82 Å². The SMILES string of the molecule is OCC#Cc1ccccc1COc1ccc(Cl)c(F)c1. The number of benzene rings is 2. The van der Waals surface area contributed by atoms with Crippen molar-refractivity contribution in [1.82, 2.24) is 0 Å². The topological polar surface area (TPSA) is 29.5 Å². The number of aliphatic hydroxyl groups is 1. The first-order valence-electron chi connectivity index (χ1n) is 5.96. The molecule has 0 saturated heterocycles. The van der Waals surface area contributed by atoms with E-state index in [1.807, 2.05) is 24.3 Å². The van der Waals surface area contributed by atoms with E-state index >= 15 is 0 Å². The third-order valence-corrected chi connectivity index (χ3v) is 2.91. The Morgan fingerprint density at radius 1 is 1.20 bits per heavy atom. The van der Waals surface area contributed by atoms with E-state index in [1.54, 1.807) is 6.07 Å². The summed E-state index contributed by atoms with van der Waals surface area (Å²) in [5.74, 6) is 5.32. The molecule has 0 bridgehead atoms. The molecule has 2 rings (SSSR count). The lowest BCUT2D eigenvalue weighted by Crippen LogP contribution is -1.98. The Kier molecular flexibility index (Phi) is 5.00. The van der Waals surface area contributed by atoms with Gasteiger partial charge in [0, 0.05) is 17.2 Å². The molecule has 0 fully saturated rings. The van der Waals surface area contributed by atoms with Crippen LogP contribution in [0.4, 0.5) is 4.39 Å². The van der Waals surface area contributed by atoms with Gasteiger partial charge in [0.25, 0.3) is 0 Å². The van der Waals surface area contributed by atoms with Crippen molar-refractivity contribution in [2.75, 3.05) is 6.61 Å². The van der Waals surface area contributed by atoms with Crippen LogP contribution in [0.2, 0.25) is 5.02 Å². The summed E-state index contributed by atoms with van der Waals surface area (Å²) >= 11 is 5.61. The van der Waals surface area contributed by atoms with Gasteiger partial charge in [-0.1, -0.05) is 41.6 Å². The summed E-state index contributed by atoms with van der Waals surface area (Å²) in [6.45, 7) is 0.0644. The Bertz CT molecular complexity index is 659. The number of hydrogen-bond donors (Lipinski definition) is 1. The second-order valence-corrected chi connectivity index (χ2v) is 4.39. The Hall–Kier alpha value is -2.02. The van der Waals surface area contributed by atoms with E-state index in [9.17, 15) is 4.39 Å². The van der Waals surface area contributed by atoms with Crippen LogP contribution < -0.4 is 4.74 Å². The summed E-state index contributed by atoms with van der Waals surface area (Å²) in [4.78, 5) is 0. The van der Waals surface area contributed by atoms with Crippen molar-refractivity contribution in [3.05, 3.63) is 64.4 Å². The Morgan fingerprint density at radius 3 is 2.75 bits per heavy atom. The smallest absolute Gasteiger partial charge is 0.145 e. The Labute approximate surface area is 121 Å². The summed E-state index contributed by atoms with van der Waals surface area (Å²) in [6.07, 6.45) is 0. The minimum atomic E-state index is -0.516. The number of rotatable bonds is 3. The molecule has 102 valence electrons. The zero-order valence-electron chi connectivity index (χ0n) is 10.6. The van der Waals surface area contributed by atoms with E-state index in [2.05, 4.69) is 11.8 Å². The van der Waals surface area contributed by atoms with Crippen LogP contribution >= 0.6 is 11.6 Å². The summed E-state index contributed by atoms with van der Waals surface area (Å²) < 4.78 is 18.8. The van der Waals surface area contributed by atoms with Crippen LogP contribution in [0.25, 0.3) is 0 Å². The van der Waals surface area contributed by atoms with Crippen molar-refractivity contribution in [3.63, 3.8) is 0 Å². The molecule has 2 aromatic rings. The fraction of sp³-hybridized carbons (Fsp3) is 0.125. The van der Waals surface area contributed by atoms with Crippen molar-refractivity contribution in [2.45, 2.75) is 6.61 Å². The first-order valence-corrected chi connectivity index (χ1v) is 6.34. The van der Waals surface area contributed by atoms with Gasteiger partial charge in [0.05, 0.1) is 5.02 Å².